The minimum atomic E-state index is -6.09. The molecule has 0 radical (unpaired) electrons. The molecule has 14 heteroatoms. The van der Waals surface area contributed by atoms with Gasteiger partial charge < -0.3 is 30.9 Å². The fourth-order valence-corrected chi connectivity index (χ4v) is 10.0. The summed E-state index contributed by atoms with van der Waals surface area (Å²) in [5, 5.41) is 4.96. The van der Waals surface area contributed by atoms with Crippen LogP contribution in [0.2, 0.25) is 0 Å². The molecule has 0 aliphatic heterocycles. The Labute approximate surface area is 291 Å². The van der Waals surface area contributed by atoms with Crippen LogP contribution >= 0.6 is 15.8 Å². The molecule has 4 rings (SSSR count). The number of methoxy groups -OCH3 is 4. The fraction of sp³-hybridized carbons (Fsp3) is 0.242. The molecule has 4 aromatic carbocycles. The van der Waals surface area contributed by atoms with Crippen molar-refractivity contribution in [3.05, 3.63) is 104 Å². The van der Waals surface area contributed by atoms with Gasteiger partial charge >= 0.3 is 25.9 Å². The van der Waals surface area contributed by atoms with Crippen LogP contribution in [0.5, 0.6) is 23.0 Å². The average molecular weight is 803 g/mol. The van der Waals surface area contributed by atoms with Gasteiger partial charge in [-0.05, 0) is 58.9 Å². The number of rotatable bonds is 12. The fourth-order valence-electron chi connectivity index (χ4n) is 4.54. The third-order valence-corrected chi connectivity index (χ3v) is 12.4. The largest absolute Gasteiger partial charge is 2.00 e. The van der Waals surface area contributed by atoms with E-state index in [-0.39, 0.29) is 27.8 Å². The van der Waals surface area contributed by atoms with Crippen LogP contribution in [0.1, 0.15) is 6.42 Å². The molecule has 7 nitrogen and oxygen atoms in total. The van der Waals surface area contributed by atoms with Crippen molar-refractivity contribution in [1.82, 2.24) is 0 Å². The van der Waals surface area contributed by atoms with E-state index in [1.54, 1.807) is 28.4 Å². The van der Waals surface area contributed by atoms with Crippen LogP contribution in [-0.4, -0.2) is 59.2 Å². The molecule has 0 spiro atoms. The summed E-state index contributed by atoms with van der Waals surface area (Å²) >= 11 is 0. The Bertz CT molecular complexity index is 1450. The van der Waals surface area contributed by atoms with Crippen LogP contribution < -0.4 is 40.2 Å². The van der Waals surface area contributed by atoms with Gasteiger partial charge in [0.05, 0.1) is 28.4 Å². The maximum atomic E-state index is 10.7. The van der Waals surface area contributed by atoms with E-state index in [9.17, 15) is 13.2 Å². The van der Waals surface area contributed by atoms with Crippen molar-refractivity contribution in [2.75, 3.05) is 40.8 Å². The predicted octanol–water partition coefficient (Wildman–Crippen LogP) is 6.18. The van der Waals surface area contributed by atoms with Gasteiger partial charge in [-0.15, -0.1) is 0 Å². The summed E-state index contributed by atoms with van der Waals surface area (Å²) in [7, 11) is -0.496. The van der Waals surface area contributed by atoms with Crippen molar-refractivity contribution < 1.29 is 65.5 Å². The molecule has 47 heavy (non-hydrogen) atoms. The zero-order chi connectivity index (χ0) is 33.0. The van der Waals surface area contributed by atoms with Gasteiger partial charge in [-0.2, -0.15) is 13.2 Å². The van der Waals surface area contributed by atoms with E-state index in [0.29, 0.717) is 0 Å². The smallest absolute Gasteiger partial charge is 0.741 e. The average Bonchev–Trinajstić information content (AvgIpc) is 3.04. The van der Waals surface area contributed by atoms with E-state index in [2.05, 4.69) is 72.8 Å². The molecule has 0 saturated carbocycles. The van der Waals surface area contributed by atoms with Crippen LogP contribution in [0.25, 0.3) is 0 Å². The van der Waals surface area contributed by atoms with Crippen molar-refractivity contribution >= 4 is 47.2 Å². The quantitative estimate of drug-likeness (QED) is 0.0556. The van der Waals surface area contributed by atoms with Crippen LogP contribution in [0.3, 0.4) is 0 Å². The van der Waals surface area contributed by atoms with Crippen molar-refractivity contribution in [1.29, 1.82) is 0 Å². The first-order valence-electron chi connectivity index (χ1n) is 13.6. The molecule has 0 atom stereocenters. The molecule has 0 N–H and O–H groups in total. The van der Waals surface area contributed by atoms with Crippen molar-refractivity contribution in [2.45, 2.75) is 11.9 Å². The molecule has 0 aliphatic rings. The van der Waals surface area contributed by atoms with Crippen molar-refractivity contribution in [3.8, 4) is 23.0 Å². The normalized spacial score (nSPS) is 11.0. The van der Waals surface area contributed by atoms with Gasteiger partial charge in [0.25, 0.3) is 0 Å². The predicted molar refractivity (Wildman–Crippen MR) is 181 cm³/mol. The zero-order valence-corrected chi connectivity index (χ0v) is 30.6. The maximum Gasteiger partial charge on any atom is 2.00 e. The van der Waals surface area contributed by atoms with E-state index < -0.39 is 31.5 Å². The summed E-state index contributed by atoms with van der Waals surface area (Å²) < 4.78 is 82.1. The zero-order valence-electron chi connectivity index (χ0n) is 26.5. The van der Waals surface area contributed by atoms with Crippen molar-refractivity contribution in [3.63, 3.8) is 0 Å². The van der Waals surface area contributed by atoms with Gasteiger partial charge in [0.15, 0.2) is 10.1 Å². The molecule has 0 saturated heterocycles. The Balaban J connectivity index is 0.000000982. The van der Waals surface area contributed by atoms with Crippen LogP contribution in [0, 0.1) is 7.43 Å². The third kappa shape index (κ3) is 11.5. The standard InChI is InChI=1S/C31H34O4P2.CHF3O3S.CH3.Pd/c1-32-24-14-5-9-18-28(24)36(29-19-10-6-15-25(29)33-2)22-13-23-37(30-20-11-7-16-26(30)34-3)31-21-12-8-17-27(31)35-4;2-1(3,4)8(5,6)7;;/h5-12,14-21H,13,22-23H2,1-4H3;(H,5,6,7);1H3;/q;;-1;+2/p-1. The third-order valence-electron chi connectivity index (χ3n) is 6.55. The van der Waals surface area contributed by atoms with Crippen LogP contribution in [-0.2, 0) is 30.5 Å². The number of alkyl halides is 3. The molecule has 0 fully saturated rings. The van der Waals surface area contributed by atoms with Gasteiger partial charge in [0.1, 0.15) is 23.0 Å². The Morgan fingerprint density at radius 3 is 0.979 bits per heavy atom. The number of para-hydroxylation sites is 4. The summed E-state index contributed by atoms with van der Waals surface area (Å²) in [5.41, 5.74) is -5.65. The number of halogens is 3. The topological polar surface area (TPSA) is 94.1 Å². The van der Waals surface area contributed by atoms with E-state index in [1.807, 2.05) is 24.3 Å². The second kappa shape index (κ2) is 20.0. The summed E-state index contributed by atoms with van der Waals surface area (Å²) in [6.07, 6.45) is 3.06. The van der Waals surface area contributed by atoms with Crippen molar-refractivity contribution in [2.24, 2.45) is 0 Å². The molecule has 0 heterocycles. The molecule has 258 valence electrons. The van der Waals surface area contributed by atoms with E-state index >= 15 is 0 Å². The van der Waals surface area contributed by atoms with Crippen LogP contribution in [0.4, 0.5) is 13.2 Å². The molecule has 0 bridgehead atoms. The number of hydrogen-bond donors (Lipinski definition) is 0. The summed E-state index contributed by atoms with van der Waals surface area (Å²) in [6, 6.07) is 33.5. The molecule has 0 unspecified atom stereocenters. The molecule has 0 aromatic heterocycles. The second-order valence-electron chi connectivity index (χ2n) is 9.24. The van der Waals surface area contributed by atoms with Gasteiger partial charge in [0, 0.05) is 21.2 Å². The molecular formula is C33H37F3O7P2PdS. The van der Waals surface area contributed by atoms with Gasteiger partial charge in [-0.25, -0.2) is 8.42 Å². The van der Waals surface area contributed by atoms with E-state index in [4.69, 9.17) is 31.9 Å². The first-order chi connectivity index (χ1) is 21.5. The second-order valence-corrected chi connectivity index (χ2v) is 15.1. The van der Waals surface area contributed by atoms with Crippen LogP contribution in [0.15, 0.2) is 97.1 Å². The molecule has 0 aliphatic carbocycles. The minimum absolute atomic E-state index is 0. The van der Waals surface area contributed by atoms with Gasteiger partial charge in [-0.1, -0.05) is 72.8 Å². The summed E-state index contributed by atoms with van der Waals surface area (Å²) in [4.78, 5) is 0. The molecular weight excluding hydrogens is 766 g/mol. The SMILES string of the molecule is COc1ccccc1P(CCCP(c1ccccc1OC)c1ccccc1OC)c1ccccc1OC.O=S(=O)([O-])C(F)(F)F.[CH3-].[Pd+2]. The molecule has 0 amide bonds. The first-order valence-corrected chi connectivity index (χ1v) is 18.0. The summed E-state index contributed by atoms with van der Waals surface area (Å²) in [5.74, 6) is 3.71. The molecule has 4 aromatic rings. The first kappa shape index (κ1) is 42.3. The van der Waals surface area contributed by atoms with E-state index in [1.165, 1.54) is 21.2 Å². The Kier molecular flexibility index (Phi) is 18.0. The minimum Gasteiger partial charge on any atom is -0.741 e. The van der Waals surface area contributed by atoms with Gasteiger partial charge in [-0.3, -0.25) is 0 Å². The Morgan fingerprint density at radius 2 is 0.787 bits per heavy atom. The summed E-state index contributed by atoms with van der Waals surface area (Å²) in [6.45, 7) is 0. The maximum absolute atomic E-state index is 10.7. The Hall–Kier alpha value is -2.70. The van der Waals surface area contributed by atoms with E-state index in [0.717, 1.165) is 41.7 Å². The number of benzene rings is 4. The monoisotopic (exact) mass is 802 g/mol. The number of ether oxygens (including phenoxy) is 4. The Morgan fingerprint density at radius 1 is 0.574 bits per heavy atom. The number of hydrogen-bond acceptors (Lipinski definition) is 7. The van der Waals surface area contributed by atoms with Gasteiger partial charge in [0.2, 0.25) is 0 Å².